The molecule has 2 amide bonds. The summed E-state index contributed by atoms with van der Waals surface area (Å²) in [4.78, 5) is 43.2. The van der Waals surface area contributed by atoms with Crippen LogP contribution < -0.4 is 5.56 Å². The number of likely N-dealkylation sites (N-methyl/N-ethyl adjacent to an activating group) is 1. The molecule has 1 saturated heterocycles. The van der Waals surface area contributed by atoms with Gasteiger partial charge in [0.15, 0.2) is 0 Å². The number of aliphatic hydroxyl groups excluding tert-OH is 1. The highest BCUT2D eigenvalue weighted by atomic mass is 19.1. The SMILES string of the molecule is CN(C)C(=O)[C@@H]1[C@@H](CO)[C@@H]2Cn3c(ccc(C4=CCCC4)c3=O)[C@@H]2N1C(=O)c1ccccc1F. The van der Waals surface area contributed by atoms with E-state index < -0.39 is 29.7 Å². The Hall–Kier alpha value is -3.26. The fraction of sp³-hybridized carbons (Fsp3) is 0.423. The molecule has 4 atom stereocenters. The molecule has 1 aromatic carbocycles. The lowest BCUT2D eigenvalue weighted by Crippen LogP contribution is -2.50. The van der Waals surface area contributed by atoms with E-state index in [4.69, 9.17) is 0 Å². The second-order valence-electron chi connectivity index (χ2n) is 9.53. The maximum Gasteiger partial charge on any atom is 0.258 e. The standard InChI is InChI=1S/C26H28FN3O4/c1-28(2)26(34)23-19(14-31)18-13-29-21(12-11-16(24(29)32)15-7-3-4-8-15)22(18)30(23)25(33)17-9-5-6-10-20(17)27/h5-7,9-12,18-19,22-23,31H,3-4,8,13-14H2,1-2H3/t18-,19-,22+,23-/m0/s1. The molecule has 7 nitrogen and oxygen atoms in total. The van der Waals surface area contributed by atoms with Crippen molar-refractivity contribution in [3.63, 3.8) is 0 Å². The molecule has 0 bridgehead atoms. The lowest BCUT2D eigenvalue weighted by molar-refractivity contribution is -0.134. The van der Waals surface area contributed by atoms with Crippen LogP contribution in [0.25, 0.3) is 5.57 Å². The summed E-state index contributed by atoms with van der Waals surface area (Å²) in [6, 6.07) is 7.76. The summed E-state index contributed by atoms with van der Waals surface area (Å²) < 4.78 is 16.3. The Kier molecular flexibility index (Phi) is 5.64. The third-order valence-corrected chi connectivity index (χ3v) is 7.50. The maximum absolute atomic E-state index is 14.6. The summed E-state index contributed by atoms with van der Waals surface area (Å²) in [5.41, 5.74) is 2.07. The van der Waals surface area contributed by atoms with Crippen LogP contribution in [0.4, 0.5) is 4.39 Å². The van der Waals surface area contributed by atoms with Crippen LogP contribution in [0, 0.1) is 17.7 Å². The highest BCUT2D eigenvalue weighted by Gasteiger charge is 2.58. The smallest absolute Gasteiger partial charge is 0.258 e. The number of fused-ring (bicyclic) bond motifs is 3. The molecule has 0 spiro atoms. The molecule has 5 rings (SSSR count). The molecule has 8 heteroatoms. The summed E-state index contributed by atoms with van der Waals surface area (Å²) in [6.45, 7) is -0.0311. The molecular formula is C26H28FN3O4. The van der Waals surface area contributed by atoms with Crippen molar-refractivity contribution in [2.75, 3.05) is 20.7 Å². The number of benzene rings is 1. The first-order valence-electron chi connectivity index (χ1n) is 11.7. The summed E-state index contributed by atoms with van der Waals surface area (Å²) in [6.07, 6.45) is 4.93. The lowest BCUT2D eigenvalue weighted by Gasteiger charge is -2.32. The van der Waals surface area contributed by atoms with Crippen LogP contribution in [0.3, 0.4) is 0 Å². The predicted molar refractivity (Wildman–Crippen MR) is 124 cm³/mol. The number of hydrogen-bond acceptors (Lipinski definition) is 4. The van der Waals surface area contributed by atoms with E-state index in [-0.39, 0.29) is 29.6 Å². The fourth-order valence-electron chi connectivity index (χ4n) is 5.89. The third kappa shape index (κ3) is 3.31. The van der Waals surface area contributed by atoms with Gasteiger partial charge < -0.3 is 19.5 Å². The van der Waals surface area contributed by atoms with Crippen LogP contribution in [0.15, 0.2) is 47.3 Å². The molecule has 178 valence electrons. The second-order valence-corrected chi connectivity index (χ2v) is 9.53. The number of carbonyl (C=O) groups is 2. The number of amides is 2. The Morgan fingerprint density at radius 3 is 2.59 bits per heavy atom. The Balaban J connectivity index is 1.65. The zero-order chi connectivity index (χ0) is 24.1. The van der Waals surface area contributed by atoms with E-state index in [1.165, 1.54) is 28.0 Å². The van der Waals surface area contributed by atoms with E-state index in [9.17, 15) is 23.9 Å². The molecule has 1 N–H and O–H groups in total. The van der Waals surface area contributed by atoms with Gasteiger partial charge in [-0.05, 0) is 49.1 Å². The Morgan fingerprint density at radius 2 is 1.94 bits per heavy atom. The van der Waals surface area contributed by atoms with Crippen LogP contribution in [-0.2, 0) is 11.3 Å². The number of aliphatic hydroxyl groups is 1. The van der Waals surface area contributed by atoms with E-state index >= 15 is 0 Å². The summed E-state index contributed by atoms with van der Waals surface area (Å²) >= 11 is 0. The van der Waals surface area contributed by atoms with Crippen molar-refractivity contribution in [3.8, 4) is 0 Å². The molecule has 2 aromatic rings. The van der Waals surface area contributed by atoms with Gasteiger partial charge in [-0.25, -0.2) is 4.39 Å². The number of allylic oxidation sites excluding steroid dienone is 2. The van der Waals surface area contributed by atoms with Crippen molar-refractivity contribution in [2.45, 2.75) is 37.9 Å². The number of aromatic nitrogens is 1. The number of nitrogens with zero attached hydrogens (tertiary/aromatic N) is 3. The van der Waals surface area contributed by atoms with Crippen LogP contribution in [-0.4, -0.2) is 58.0 Å². The number of rotatable bonds is 4. The maximum atomic E-state index is 14.6. The van der Waals surface area contributed by atoms with Crippen molar-refractivity contribution < 1.29 is 19.1 Å². The molecule has 2 aliphatic heterocycles. The zero-order valence-electron chi connectivity index (χ0n) is 19.3. The number of likely N-dealkylation sites (tertiary alicyclic amines) is 1. The summed E-state index contributed by atoms with van der Waals surface area (Å²) in [7, 11) is 3.19. The largest absolute Gasteiger partial charge is 0.396 e. The van der Waals surface area contributed by atoms with Gasteiger partial charge >= 0.3 is 0 Å². The van der Waals surface area contributed by atoms with Gasteiger partial charge in [0.1, 0.15) is 11.9 Å². The molecule has 0 saturated carbocycles. The molecule has 3 aliphatic rings. The molecule has 1 aromatic heterocycles. The van der Waals surface area contributed by atoms with Crippen molar-refractivity contribution in [1.29, 1.82) is 0 Å². The average molecular weight is 466 g/mol. The van der Waals surface area contributed by atoms with Crippen LogP contribution >= 0.6 is 0 Å². The molecule has 3 heterocycles. The Bertz CT molecular complexity index is 1250. The van der Waals surface area contributed by atoms with E-state index in [1.54, 1.807) is 30.8 Å². The van der Waals surface area contributed by atoms with E-state index in [0.29, 0.717) is 17.8 Å². The highest BCUT2D eigenvalue weighted by molar-refractivity contribution is 5.98. The second kappa shape index (κ2) is 8.51. The number of carbonyl (C=O) groups excluding carboxylic acids is 2. The van der Waals surface area contributed by atoms with Crippen molar-refractivity contribution in [2.24, 2.45) is 11.8 Å². The topological polar surface area (TPSA) is 82.8 Å². The fourth-order valence-corrected chi connectivity index (χ4v) is 5.89. The van der Waals surface area contributed by atoms with Gasteiger partial charge in [0.2, 0.25) is 5.91 Å². The quantitative estimate of drug-likeness (QED) is 0.752. The Morgan fingerprint density at radius 1 is 1.18 bits per heavy atom. The van der Waals surface area contributed by atoms with E-state index in [1.807, 2.05) is 6.07 Å². The first-order chi connectivity index (χ1) is 16.3. The van der Waals surface area contributed by atoms with Crippen molar-refractivity contribution in [1.82, 2.24) is 14.4 Å². The first-order valence-corrected chi connectivity index (χ1v) is 11.7. The lowest BCUT2D eigenvalue weighted by atomic mass is 9.88. The molecule has 1 fully saturated rings. The van der Waals surface area contributed by atoms with Crippen molar-refractivity contribution in [3.05, 3.63) is 75.5 Å². The van der Waals surface area contributed by atoms with Crippen molar-refractivity contribution >= 4 is 17.4 Å². The minimum Gasteiger partial charge on any atom is -0.396 e. The van der Waals surface area contributed by atoms with Gasteiger partial charge in [0.05, 0.1) is 11.6 Å². The van der Waals surface area contributed by atoms with Crippen LogP contribution in [0.1, 0.15) is 46.9 Å². The normalized spacial score (nSPS) is 25.2. The minimum atomic E-state index is -0.955. The van der Waals surface area contributed by atoms with Crippen LogP contribution in [0.5, 0.6) is 0 Å². The number of pyridine rings is 1. The van der Waals surface area contributed by atoms with Gasteiger partial charge in [-0.15, -0.1) is 0 Å². The van der Waals surface area contributed by atoms with Gasteiger partial charge in [0.25, 0.3) is 11.5 Å². The Labute approximate surface area is 197 Å². The molecule has 0 unspecified atom stereocenters. The summed E-state index contributed by atoms with van der Waals surface area (Å²) in [5.74, 6) is -2.54. The number of halogens is 1. The number of hydrogen-bond donors (Lipinski definition) is 1. The minimum absolute atomic E-state index is 0.120. The first kappa shape index (κ1) is 22.5. The zero-order valence-corrected chi connectivity index (χ0v) is 19.3. The third-order valence-electron chi connectivity index (χ3n) is 7.50. The van der Waals surface area contributed by atoms with Gasteiger partial charge in [0, 0.05) is 50.3 Å². The van der Waals surface area contributed by atoms with E-state index in [2.05, 4.69) is 6.08 Å². The highest BCUT2D eigenvalue weighted by Crippen LogP contribution is 2.50. The monoisotopic (exact) mass is 465 g/mol. The molecule has 0 radical (unpaired) electrons. The molecule has 1 aliphatic carbocycles. The van der Waals surface area contributed by atoms with Gasteiger partial charge in [-0.3, -0.25) is 14.4 Å². The molecule has 34 heavy (non-hydrogen) atoms. The van der Waals surface area contributed by atoms with Gasteiger partial charge in [-0.1, -0.05) is 18.2 Å². The van der Waals surface area contributed by atoms with Crippen LogP contribution in [0.2, 0.25) is 0 Å². The molecular weight excluding hydrogens is 437 g/mol. The summed E-state index contributed by atoms with van der Waals surface area (Å²) in [5, 5.41) is 10.3. The predicted octanol–water partition coefficient (Wildman–Crippen LogP) is 2.45. The average Bonchev–Trinajstić information content (AvgIpc) is 3.54. The van der Waals surface area contributed by atoms with E-state index in [0.717, 1.165) is 24.8 Å². The van der Waals surface area contributed by atoms with Gasteiger partial charge in [-0.2, -0.15) is 0 Å².